The molecular formula is C18H24FIN6OS. The van der Waals surface area contributed by atoms with Crippen LogP contribution in [0.5, 0.6) is 0 Å². The summed E-state index contributed by atoms with van der Waals surface area (Å²) >= 11 is 1.63. The van der Waals surface area contributed by atoms with Crippen molar-refractivity contribution in [2.24, 2.45) is 10.7 Å². The van der Waals surface area contributed by atoms with Crippen LogP contribution in [0.15, 0.2) is 34.8 Å². The third kappa shape index (κ3) is 5.77. The van der Waals surface area contributed by atoms with E-state index in [9.17, 15) is 9.18 Å². The molecule has 152 valence electrons. The summed E-state index contributed by atoms with van der Waals surface area (Å²) in [6, 6.07) is 4.43. The fourth-order valence-electron chi connectivity index (χ4n) is 2.77. The number of piperazine rings is 1. The second kappa shape index (κ2) is 10.6. The van der Waals surface area contributed by atoms with Crippen molar-refractivity contribution in [1.29, 1.82) is 0 Å². The molecule has 1 fully saturated rings. The highest BCUT2D eigenvalue weighted by Gasteiger charge is 2.19. The van der Waals surface area contributed by atoms with E-state index in [-0.39, 0.29) is 35.7 Å². The Labute approximate surface area is 184 Å². The SMILES string of the molecule is Cc1ccc(C(=O)NCCN=C(N)N2CCN(c3nccs3)CC2)cc1F.I. The average Bonchev–Trinajstić information content (AvgIpc) is 3.22. The second-order valence-corrected chi connectivity index (χ2v) is 7.12. The molecule has 1 aliphatic heterocycles. The van der Waals surface area contributed by atoms with Crippen molar-refractivity contribution in [2.75, 3.05) is 44.2 Å². The van der Waals surface area contributed by atoms with Gasteiger partial charge in [-0.05, 0) is 24.6 Å². The minimum atomic E-state index is -0.387. The lowest BCUT2D eigenvalue weighted by atomic mass is 10.1. The third-order valence-electron chi connectivity index (χ3n) is 4.40. The third-order valence-corrected chi connectivity index (χ3v) is 5.23. The highest BCUT2D eigenvalue weighted by Crippen LogP contribution is 2.18. The average molecular weight is 518 g/mol. The van der Waals surface area contributed by atoms with Crippen LogP contribution in [0.4, 0.5) is 9.52 Å². The van der Waals surface area contributed by atoms with Crippen LogP contribution in [0.1, 0.15) is 15.9 Å². The Kier molecular flexibility index (Phi) is 8.42. The molecule has 28 heavy (non-hydrogen) atoms. The first-order chi connectivity index (χ1) is 13.0. The van der Waals surface area contributed by atoms with Gasteiger partial charge >= 0.3 is 0 Å². The second-order valence-electron chi connectivity index (χ2n) is 6.25. The van der Waals surface area contributed by atoms with Crippen molar-refractivity contribution in [2.45, 2.75) is 6.92 Å². The molecule has 3 N–H and O–H groups in total. The summed E-state index contributed by atoms with van der Waals surface area (Å²) in [6.07, 6.45) is 1.81. The molecule has 0 atom stereocenters. The largest absolute Gasteiger partial charge is 0.370 e. The molecule has 1 saturated heterocycles. The fourth-order valence-corrected chi connectivity index (χ4v) is 3.47. The maximum Gasteiger partial charge on any atom is 0.251 e. The van der Waals surface area contributed by atoms with Gasteiger partial charge in [0, 0.05) is 49.9 Å². The zero-order chi connectivity index (χ0) is 19.2. The van der Waals surface area contributed by atoms with Crippen LogP contribution in [-0.4, -0.2) is 61.0 Å². The Hall–Kier alpha value is -1.95. The Bertz CT molecular complexity index is 808. The predicted octanol–water partition coefficient (Wildman–Crippen LogP) is 2.08. The van der Waals surface area contributed by atoms with Gasteiger partial charge in [-0.25, -0.2) is 9.37 Å². The van der Waals surface area contributed by atoms with Gasteiger partial charge in [-0.15, -0.1) is 35.3 Å². The highest BCUT2D eigenvalue weighted by molar-refractivity contribution is 14.0. The van der Waals surface area contributed by atoms with E-state index in [0.29, 0.717) is 30.2 Å². The van der Waals surface area contributed by atoms with Crippen molar-refractivity contribution in [3.05, 3.63) is 46.7 Å². The Morgan fingerprint density at radius 2 is 2.11 bits per heavy atom. The normalized spacial score (nSPS) is 14.6. The number of nitrogens with zero attached hydrogens (tertiary/aromatic N) is 4. The summed E-state index contributed by atoms with van der Waals surface area (Å²) in [6.45, 7) is 5.63. The van der Waals surface area contributed by atoms with Gasteiger partial charge in [-0.3, -0.25) is 9.79 Å². The van der Waals surface area contributed by atoms with E-state index in [2.05, 4.69) is 20.2 Å². The van der Waals surface area contributed by atoms with Gasteiger partial charge in [0.2, 0.25) is 0 Å². The van der Waals surface area contributed by atoms with Crippen LogP contribution < -0.4 is 16.0 Å². The number of guanidine groups is 1. The maximum absolute atomic E-state index is 13.5. The van der Waals surface area contributed by atoms with Crippen molar-refractivity contribution in [3.63, 3.8) is 0 Å². The number of nitrogens with one attached hydrogen (secondary N) is 1. The van der Waals surface area contributed by atoms with Gasteiger partial charge in [0.1, 0.15) is 5.82 Å². The lowest BCUT2D eigenvalue weighted by Crippen LogP contribution is -2.51. The van der Waals surface area contributed by atoms with E-state index < -0.39 is 0 Å². The lowest BCUT2D eigenvalue weighted by Gasteiger charge is -2.35. The van der Waals surface area contributed by atoms with E-state index in [0.717, 1.165) is 31.3 Å². The number of hydrogen-bond donors (Lipinski definition) is 2. The Balaban J connectivity index is 0.00000280. The van der Waals surface area contributed by atoms with Gasteiger partial charge in [0.05, 0.1) is 6.54 Å². The quantitative estimate of drug-likeness (QED) is 0.274. The summed E-state index contributed by atoms with van der Waals surface area (Å²) in [4.78, 5) is 24.9. The topological polar surface area (TPSA) is 86.8 Å². The molecule has 2 aromatic rings. The van der Waals surface area contributed by atoms with Crippen molar-refractivity contribution in [3.8, 4) is 0 Å². The summed E-state index contributed by atoms with van der Waals surface area (Å²) < 4.78 is 13.5. The molecule has 3 rings (SSSR count). The molecule has 1 amide bonds. The smallest absolute Gasteiger partial charge is 0.251 e. The van der Waals surface area contributed by atoms with Gasteiger partial charge in [-0.1, -0.05) is 6.07 Å². The fraction of sp³-hybridized carbons (Fsp3) is 0.389. The van der Waals surface area contributed by atoms with Crippen molar-refractivity contribution >= 4 is 52.3 Å². The summed E-state index contributed by atoms with van der Waals surface area (Å²) in [5, 5.41) is 5.72. The van der Waals surface area contributed by atoms with Gasteiger partial charge < -0.3 is 20.9 Å². The molecule has 1 aromatic heterocycles. The van der Waals surface area contributed by atoms with E-state index in [1.807, 2.05) is 16.5 Å². The number of aliphatic imine (C=N–C) groups is 1. The first kappa shape index (κ1) is 22.3. The Morgan fingerprint density at radius 1 is 1.36 bits per heavy atom. The number of halogens is 2. The van der Waals surface area contributed by atoms with Crippen LogP contribution in [-0.2, 0) is 0 Å². The number of aryl methyl sites for hydroxylation is 1. The number of rotatable bonds is 5. The standard InChI is InChI=1S/C18H23FN6OS.HI/c1-13-2-3-14(12-15(13)19)16(26)21-4-5-22-17(20)24-7-9-25(10-8-24)18-23-6-11-27-18;/h2-3,6,11-12H,4-5,7-10H2,1H3,(H2,20,22)(H,21,26);1H. The number of aromatic nitrogens is 1. The van der Waals surface area contributed by atoms with Crippen molar-refractivity contribution in [1.82, 2.24) is 15.2 Å². The first-order valence-corrected chi connectivity index (χ1v) is 9.66. The zero-order valence-corrected chi connectivity index (χ0v) is 18.7. The van der Waals surface area contributed by atoms with E-state index in [1.54, 1.807) is 30.4 Å². The molecule has 0 bridgehead atoms. The molecule has 1 aromatic carbocycles. The molecule has 2 heterocycles. The van der Waals surface area contributed by atoms with Gasteiger partial charge in [-0.2, -0.15) is 0 Å². The van der Waals surface area contributed by atoms with Crippen LogP contribution in [0, 0.1) is 12.7 Å². The predicted molar refractivity (Wildman–Crippen MR) is 121 cm³/mol. The number of carbonyl (C=O) groups is 1. The molecule has 0 unspecified atom stereocenters. The number of thiazole rings is 1. The summed E-state index contributed by atoms with van der Waals surface area (Å²) in [7, 11) is 0. The molecule has 10 heteroatoms. The van der Waals surface area contributed by atoms with E-state index in [4.69, 9.17) is 5.73 Å². The molecule has 0 aliphatic carbocycles. The molecule has 1 aliphatic rings. The van der Waals surface area contributed by atoms with Crippen LogP contribution in [0.2, 0.25) is 0 Å². The summed E-state index contributed by atoms with van der Waals surface area (Å²) in [5.74, 6) is -0.231. The molecular weight excluding hydrogens is 494 g/mol. The lowest BCUT2D eigenvalue weighted by molar-refractivity contribution is 0.0954. The summed E-state index contributed by atoms with van der Waals surface area (Å²) in [5.41, 5.74) is 6.87. The van der Waals surface area contributed by atoms with Crippen LogP contribution in [0.25, 0.3) is 0 Å². The number of carbonyl (C=O) groups excluding carboxylic acids is 1. The zero-order valence-electron chi connectivity index (χ0n) is 15.6. The number of benzene rings is 1. The molecule has 0 saturated carbocycles. The minimum absolute atomic E-state index is 0. The maximum atomic E-state index is 13.5. The van der Waals surface area contributed by atoms with Crippen LogP contribution in [0.3, 0.4) is 0 Å². The van der Waals surface area contributed by atoms with E-state index >= 15 is 0 Å². The monoisotopic (exact) mass is 518 g/mol. The van der Waals surface area contributed by atoms with Crippen molar-refractivity contribution < 1.29 is 9.18 Å². The number of amides is 1. The molecule has 0 radical (unpaired) electrons. The van der Waals surface area contributed by atoms with Gasteiger partial charge in [0.15, 0.2) is 11.1 Å². The minimum Gasteiger partial charge on any atom is -0.370 e. The van der Waals surface area contributed by atoms with Gasteiger partial charge in [0.25, 0.3) is 5.91 Å². The number of nitrogens with two attached hydrogens (primary N) is 1. The van der Waals surface area contributed by atoms with Crippen LogP contribution >= 0.6 is 35.3 Å². The number of hydrogen-bond acceptors (Lipinski definition) is 5. The Morgan fingerprint density at radius 3 is 2.75 bits per heavy atom. The van der Waals surface area contributed by atoms with E-state index in [1.165, 1.54) is 6.07 Å². The number of anilines is 1. The first-order valence-electron chi connectivity index (χ1n) is 8.78. The highest BCUT2D eigenvalue weighted by atomic mass is 127. The molecule has 7 nitrogen and oxygen atoms in total. The molecule has 0 spiro atoms.